The number of pyridine rings is 1. The maximum atomic E-state index is 11.1. The minimum absolute atomic E-state index is 0.309. The summed E-state index contributed by atoms with van der Waals surface area (Å²) >= 11 is 5.42. The molecule has 0 spiro atoms. The second-order valence-corrected chi connectivity index (χ2v) is 3.23. The highest BCUT2D eigenvalue weighted by Gasteiger charge is 2.12. The van der Waals surface area contributed by atoms with Crippen molar-refractivity contribution < 1.29 is 4.79 Å². The summed E-state index contributed by atoms with van der Waals surface area (Å²) in [5.74, 6) is 0.992. The number of halogens is 1. The topological polar surface area (TPSA) is 60.7 Å². The van der Waals surface area contributed by atoms with Gasteiger partial charge in [0.05, 0.1) is 5.56 Å². The molecule has 2 aromatic heterocycles. The number of rotatable bonds is 2. The van der Waals surface area contributed by atoms with E-state index >= 15 is 0 Å². The molecule has 0 saturated carbocycles. The van der Waals surface area contributed by atoms with Gasteiger partial charge in [-0.2, -0.15) is 5.10 Å². The van der Waals surface area contributed by atoms with Gasteiger partial charge >= 0.3 is 0 Å². The van der Waals surface area contributed by atoms with Crippen LogP contribution < -0.4 is 0 Å². The normalized spacial score (nSPS) is 10.3. The summed E-state index contributed by atoms with van der Waals surface area (Å²) < 4.78 is 1.42. The Morgan fingerprint density at radius 3 is 2.87 bits per heavy atom. The first-order valence-electron chi connectivity index (χ1n) is 4.22. The highest BCUT2D eigenvalue weighted by molar-refractivity contribution is 6.68. The van der Waals surface area contributed by atoms with E-state index in [4.69, 9.17) is 11.6 Å². The number of carbonyl (C=O) groups excluding carboxylic acids is 1. The lowest BCUT2D eigenvalue weighted by Gasteiger charge is -2.02. The Morgan fingerprint density at radius 1 is 1.47 bits per heavy atom. The van der Waals surface area contributed by atoms with Crippen LogP contribution >= 0.6 is 11.6 Å². The van der Waals surface area contributed by atoms with E-state index in [9.17, 15) is 4.79 Å². The van der Waals surface area contributed by atoms with Crippen LogP contribution in [-0.2, 0) is 0 Å². The van der Waals surface area contributed by atoms with E-state index in [1.165, 1.54) is 11.0 Å². The fourth-order valence-electron chi connectivity index (χ4n) is 1.18. The van der Waals surface area contributed by atoms with Crippen LogP contribution in [0.25, 0.3) is 5.82 Å². The van der Waals surface area contributed by atoms with Crippen molar-refractivity contribution in [1.82, 2.24) is 19.7 Å². The van der Waals surface area contributed by atoms with E-state index in [0.29, 0.717) is 17.2 Å². The van der Waals surface area contributed by atoms with Gasteiger partial charge < -0.3 is 0 Å². The maximum Gasteiger partial charge on any atom is 0.256 e. The van der Waals surface area contributed by atoms with Gasteiger partial charge in [-0.25, -0.2) is 14.6 Å². The van der Waals surface area contributed by atoms with Gasteiger partial charge in [0.15, 0.2) is 5.82 Å². The Hall–Kier alpha value is -1.75. The Labute approximate surface area is 90.7 Å². The van der Waals surface area contributed by atoms with Gasteiger partial charge in [0.2, 0.25) is 0 Å². The summed E-state index contributed by atoms with van der Waals surface area (Å²) in [4.78, 5) is 19.1. The Bertz CT molecular complexity index is 508. The van der Waals surface area contributed by atoms with Gasteiger partial charge in [0.25, 0.3) is 5.24 Å². The van der Waals surface area contributed by atoms with E-state index in [1.807, 2.05) is 0 Å². The molecule has 0 amide bonds. The van der Waals surface area contributed by atoms with Crippen LogP contribution in [0.5, 0.6) is 0 Å². The van der Waals surface area contributed by atoms with Crippen molar-refractivity contribution in [3.8, 4) is 5.82 Å². The van der Waals surface area contributed by atoms with Gasteiger partial charge in [-0.3, -0.25) is 4.79 Å². The van der Waals surface area contributed by atoms with Crippen molar-refractivity contribution in [2.24, 2.45) is 0 Å². The van der Waals surface area contributed by atoms with E-state index < -0.39 is 5.24 Å². The van der Waals surface area contributed by atoms with Gasteiger partial charge in [0, 0.05) is 6.20 Å². The van der Waals surface area contributed by atoms with Gasteiger partial charge in [0.1, 0.15) is 12.2 Å². The van der Waals surface area contributed by atoms with Crippen molar-refractivity contribution in [1.29, 1.82) is 0 Å². The first kappa shape index (κ1) is 9.79. The molecular formula is C9H7ClN4O. The maximum absolute atomic E-state index is 11.1. The number of hydrogen-bond donors (Lipinski definition) is 0. The molecule has 0 aliphatic rings. The van der Waals surface area contributed by atoms with E-state index in [1.54, 1.807) is 25.3 Å². The van der Waals surface area contributed by atoms with Crippen LogP contribution in [0.1, 0.15) is 16.2 Å². The zero-order valence-corrected chi connectivity index (χ0v) is 8.64. The number of hydrogen-bond acceptors (Lipinski definition) is 4. The molecule has 2 rings (SSSR count). The lowest BCUT2D eigenvalue weighted by molar-refractivity contribution is 0.108. The van der Waals surface area contributed by atoms with Gasteiger partial charge in [-0.1, -0.05) is 0 Å². The quantitative estimate of drug-likeness (QED) is 0.720. The third kappa shape index (κ3) is 1.87. The highest BCUT2D eigenvalue weighted by atomic mass is 35.5. The molecule has 15 heavy (non-hydrogen) atoms. The molecule has 2 heterocycles. The number of aromatic nitrogens is 4. The first-order chi connectivity index (χ1) is 7.18. The molecule has 76 valence electrons. The first-order valence-corrected chi connectivity index (χ1v) is 4.60. The number of nitrogens with zero attached hydrogens (tertiary/aromatic N) is 4. The lowest BCUT2D eigenvalue weighted by atomic mass is 10.3. The molecule has 0 radical (unpaired) electrons. The summed E-state index contributed by atoms with van der Waals surface area (Å²) in [5, 5.41) is 3.49. The molecule has 0 bridgehead atoms. The summed E-state index contributed by atoms with van der Waals surface area (Å²) in [5.41, 5.74) is 0.309. The minimum Gasteiger partial charge on any atom is -0.275 e. The van der Waals surface area contributed by atoms with E-state index in [-0.39, 0.29) is 0 Å². The highest BCUT2D eigenvalue weighted by Crippen LogP contribution is 2.12. The average Bonchev–Trinajstić information content (AvgIpc) is 2.65. The third-order valence-corrected chi connectivity index (χ3v) is 2.03. The smallest absolute Gasteiger partial charge is 0.256 e. The van der Waals surface area contributed by atoms with Crippen molar-refractivity contribution in [2.45, 2.75) is 6.92 Å². The fourth-order valence-corrected chi connectivity index (χ4v) is 1.33. The molecule has 0 atom stereocenters. The molecule has 0 fully saturated rings. The summed E-state index contributed by atoms with van der Waals surface area (Å²) in [6, 6.07) is 3.23. The third-order valence-electron chi connectivity index (χ3n) is 1.82. The van der Waals surface area contributed by atoms with Crippen LogP contribution in [-0.4, -0.2) is 25.0 Å². The van der Waals surface area contributed by atoms with Crippen molar-refractivity contribution in [3.05, 3.63) is 36.0 Å². The Morgan fingerprint density at radius 2 is 2.27 bits per heavy atom. The minimum atomic E-state index is -0.564. The summed E-state index contributed by atoms with van der Waals surface area (Å²) in [6.45, 7) is 1.75. The SMILES string of the molecule is Cc1ncn(-c2ncccc2C(=O)Cl)n1. The standard InChI is InChI=1S/C9H7ClN4O/c1-6-12-5-14(13-6)9-7(8(10)15)3-2-4-11-9/h2-5H,1H3. The molecule has 0 N–H and O–H groups in total. The monoisotopic (exact) mass is 222 g/mol. The van der Waals surface area contributed by atoms with E-state index in [0.717, 1.165) is 0 Å². The Kier molecular flexibility index (Phi) is 2.47. The molecule has 0 saturated heterocycles. The van der Waals surface area contributed by atoms with Crippen LogP contribution in [0.4, 0.5) is 0 Å². The molecule has 5 nitrogen and oxygen atoms in total. The summed E-state index contributed by atoms with van der Waals surface area (Å²) in [7, 11) is 0. The summed E-state index contributed by atoms with van der Waals surface area (Å²) in [6.07, 6.45) is 3.05. The fraction of sp³-hybridized carbons (Fsp3) is 0.111. The zero-order chi connectivity index (χ0) is 10.8. The average molecular weight is 223 g/mol. The molecule has 6 heteroatoms. The lowest BCUT2D eigenvalue weighted by Crippen LogP contribution is -2.05. The van der Waals surface area contributed by atoms with Crippen molar-refractivity contribution in [2.75, 3.05) is 0 Å². The van der Waals surface area contributed by atoms with Gasteiger partial charge in [-0.05, 0) is 30.7 Å². The van der Waals surface area contributed by atoms with Crippen molar-refractivity contribution in [3.63, 3.8) is 0 Å². The second-order valence-electron chi connectivity index (χ2n) is 2.88. The van der Waals surface area contributed by atoms with E-state index in [2.05, 4.69) is 15.1 Å². The molecular weight excluding hydrogens is 216 g/mol. The predicted octanol–water partition coefficient (Wildman–Crippen LogP) is 1.35. The second kappa shape index (κ2) is 3.78. The van der Waals surface area contributed by atoms with Crippen LogP contribution in [0.15, 0.2) is 24.7 Å². The molecule has 0 unspecified atom stereocenters. The largest absolute Gasteiger partial charge is 0.275 e. The molecule has 0 aromatic carbocycles. The molecule has 0 aliphatic carbocycles. The number of aryl methyl sites for hydroxylation is 1. The van der Waals surface area contributed by atoms with Crippen LogP contribution in [0, 0.1) is 6.92 Å². The number of carbonyl (C=O) groups is 1. The predicted molar refractivity (Wildman–Crippen MR) is 54.1 cm³/mol. The zero-order valence-electron chi connectivity index (χ0n) is 7.88. The van der Waals surface area contributed by atoms with Crippen molar-refractivity contribution >= 4 is 16.8 Å². The Balaban J connectivity index is 2.57. The molecule has 0 aliphatic heterocycles. The molecule has 2 aromatic rings. The van der Waals surface area contributed by atoms with Gasteiger partial charge in [-0.15, -0.1) is 0 Å². The van der Waals surface area contributed by atoms with Crippen LogP contribution in [0.2, 0.25) is 0 Å². The van der Waals surface area contributed by atoms with Crippen LogP contribution in [0.3, 0.4) is 0 Å².